The van der Waals surface area contributed by atoms with Crippen LogP contribution in [0.3, 0.4) is 0 Å². The summed E-state index contributed by atoms with van der Waals surface area (Å²) in [6.45, 7) is 5.02. The van der Waals surface area contributed by atoms with Crippen molar-refractivity contribution in [3.05, 3.63) is 60.9 Å². The van der Waals surface area contributed by atoms with Gasteiger partial charge >= 0.3 is 0 Å². The fraction of sp³-hybridized carbons (Fsp3) is 0.414. The molecular weight excluding hydrogens is 462 g/mol. The Labute approximate surface area is 215 Å². The highest BCUT2D eigenvalue weighted by Gasteiger charge is 2.59. The van der Waals surface area contributed by atoms with Crippen molar-refractivity contribution in [1.29, 1.82) is 0 Å². The van der Waals surface area contributed by atoms with E-state index in [1.54, 1.807) is 6.33 Å². The normalized spacial score (nSPS) is 27.9. The number of aromatic nitrogens is 4. The van der Waals surface area contributed by atoms with Gasteiger partial charge in [0.2, 0.25) is 0 Å². The highest BCUT2D eigenvalue weighted by molar-refractivity contribution is 5.98. The fourth-order valence-corrected chi connectivity index (χ4v) is 7.18. The van der Waals surface area contributed by atoms with Crippen LogP contribution >= 0.6 is 0 Å². The molecule has 2 aromatic carbocycles. The van der Waals surface area contributed by atoms with E-state index in [-0.39, 0.29) is 0 Å². The van der Waals surface area contributed by atoms with E-state index >= 15 is 0 Å². The molecule has 0 radical (unpaired) electrons. The molecule has 2 aliphatic heterocycles. The molecule has 0 unspecified atom stereocenters. The van der Waals surface area contributed by atoms with Crippen LogP contribution in [0.1, 0.15) is 31.7 Å². The molecule has 4 heterocycles. The predicted octanol–water partition coefficient (Wildman–Crippen LogP) is 4.26. The molecule has 2 saturated carbocycles. The lowest BCUT2D eigenvalue weighted by Crippen LogP contribution is -2.74. The summed E-state index contributed by atoms with van der Waals surface area (Å²) in [7, 11) is 0. The van der Waals surface area contributed by atoms with E-state index in [4.69, 9.17) is 15.6 Å². The first-order valence-electron chi connectivity index (χ1n) is 13.4. The maximum atomic E-state index is 6.36. The zero-order valence-electron chi connectivity index (χ0n) is 20.8. The van der Waals surface area contributed by atoms with E-state index in [2.05, 4.69) is 24.9 Å². The summed E-state index contributed by atoms with van der Waals surface area (Å²) in [5, 5.41) is 9.36. The molecule has 4 aliphatic rings. The average molecular weight is 494 g/mol. The lowest BCUT2D eigenvalue weighted by Gasteiger charge is -2.66. The molecule has 4 fully saturated rings. The molecule has 2 aromatic heterocycles. The topological polar surface area (TPSA) is 94.1 Å². The van der Waals surface area contributed by atoms with E-state index in [1.165, 1.54) is 51.9 Å². The zero-order chi connectivity index (χ0) is 24.6. The van der Waals surface area contributed by atoms with Crippen LogP contribution in [-0.4, -0.2) is 56.9 Å². The molecule has 2 spiro atoms. The van der Waals surface area contributed by atoms with Gasteiger partial charge in [0.1, 0.15) is 29.3 Å². The molecular formula is C29H31N7O. The summed E-state index contributed by atoms with van der Waals surface area (Å²) in [6, 6.07) is 19.0. The molecule has 188 valence electrons. The molecule has 8 heteroatoms. The monoisotopic (exact) mass is 493 g/mol. The number of likely N-dealkylation sites (tertiary alicyclic amines) is 1. The molecule has 0 amide bonds. The molecule has 8 rings (SSSR count). The molecule has 2 saturated heterocycles. The first kappa shape index (κ1) is 21.6. The van der Waals surface area contributed by atoms with E-state index in [9.17, 15) is 0 Å². The van der Waals surface area contributed by atoms with Crippen LogP contribution in [0.4, 0.5) is 5.82 Å². The minimum Gasteiger partial charge on any atom is -0.457 e. The summed E-state index contributed by atoms with van der Waals surface area (Å²) in [6.07, 6.45) is 6.57. The number of fused-ring (bicyclic) bond motifs is 1. The summed E-state index contributed by atoms with van der Waals surface area (Å²) < 4.78 is 8.09. The highest BCUT2D eigenvalue weighted by atomic mass is 16.5. The van der Waals surface area contributed by atoms with Gasteiger partial charge in [0.25, 0.3) is 0 Å². The van der Waals surface area contributed by atoms with Crippen molar-refractivity contribution in [2.24, 2.45) is 10.8 Å². The second-order valence-corrected chi connectivity index (χ2v) is 11.8. The number of ether oxygens (including phenoxy) is 1. The number of rotatable bonds is 5. The van der Waals surface area contributed by atoms with Crippen LogP contribution in [-0.2, 0) is 0 Å². The van der Waals surface area contributed by atoms with E-state index in [0.29, 0.717) is 22.7 Å². The molecule has 2 aliphatic carbocycles. The van der Waals surface area contributed by atoms with E-state index in [1.807, 2.05) is 54.6 Å². The second kappa shape index (κ2) is 7.76. The zero-order valence-corrected chi connectivity index (χ0v) is 20.8. The minimum atomic E-state index is 0.366. The number of nitrogens with two attached hydrogens (primary N) is 1. The second-order valence-electron chi connectivity index (χ2n) is 11.8. The van der Waals surface area contributed by atoms with E-state index < -0.39 is 0 Å². The third-order valence-electron chi connectivity index (χ3n) is 9.24. The number of para-hydroxylation sites is 1. The van der Waals surface area contributed by atoms with Crippen molar-refractivity contribution in [2.75, 3.05) is 31.9 Å². The number of benzene rings is 2. The van der Waals surface area contributed by atoms with Gasteiger partial charge in [-0.25, -0.2) is 14.6 Å². The standard InChI is InChI=1S/C29H31N7O/c30-26-24-25(19-6-8-23(9-7-19)37-22-4-2-1-3-5-22)34-36(27(24)33-18-32-26)21-12-28(13-21)10-20(11-28)35-16-29(17-35)14-31-15-29/h1-9,18,20-21,31H,10-17H2,(H2,30,32,33). The lowest BCUT2D eigenvalue weighted by atomic mass is 9.51. The van der Waals surface area contributed by atoms with Crippen LogP contribution in [0.25, 0.3) is 22.3 Å². The molecule has 8 nitrogen and oxygen atoms in total. The third kappa shape index (κ3) is 3.39. The first-order chi connectivity index (χ1) is 18.1. The van der Waals surface area contributed by atoms with Crippen molar-refractivity contribution in [1.82, 2.24) is 30.0 Å². The summed E-state index contributed by atoms with van der Waals surface area (Å²) >= 11 is 0. The summed E-state index contributed by atoms with van der Waals surface area (Å²) in [5.74, 6) is 2.07. The van der Waals surface area contributed by atoms with Crippen molar-refractivity contribution in [2.45, 2.75) is 37.8 Å². The Morgan fingerprint density at radius 1 is 0.838 bits per heavy atom. The molecule has 4 aromatic rings. The Morgan fingerprint density at radius 2 is 1.54 bits per heavy atom. The smallest absolute Gasteiger partial charge is 0.164 e. The van der Waals surface area contributed by atoms with Gasteiger partial charge in [-0.15, -0.1) is 0 Å². The Kier molecular flexibility index (Phi) is 4.52. The Morgan fingerprint density at radius 3 is 2.24 bits per heavy atom. The third-order valence-corrected chi connectivity index (χ3v) is 9.24. The minimum absolute atomic E-state index is 0.366. The highest BCUT2D eigenvalue weighted by Crippen LogP contribution is 2.62. The Balaban J connectivity index is 1.00. The van der Waals surface area contributed by atoms with Crippen LogP contribution in [0.5, 0.6) is 11.5 Å². The number of hydrogen-bond acceptors (Lipinski definition) is 7. The van der Waals surface area contributed by atoms with Gasteiger partial charge in [0, 0.05) is 43.2 Å². The van der Waals surface area contributed by atoms with Crippen molar-refractivity contribution in [3.8, 4) is 22.8 Å². The van der Waals surface area contributed by atoms with Crippen molar-refractivity contribution < 1.29 is 4.74 Å². The van der Waals surface area contributed by atoms with Gasteiger partial charge in [-0.2, -0.15) is 5.10 Å². The van der Waals surface area contributed by atoms with Gasteiger partial charge in [-0.05, 0) is 67.5 Å². The Hall–Kier alpha value is -3.49. The number of anilines is 1. The quantitative estimate of drug-likeness (QED) is 0.429. The summed E-state index contributed by atoms with van der Waals surface area (Å²) in [4.78, 5) is 11.6. The van der Waals surface area contributed by atoms with Gasteiger partial charge in [0.15, 0.2) is 5.65 Å². The van der Waals surface area contributed by atoms with Crippen molar-refractivity contribution in [3.63, 3.8) is 0 Å². The van der Waals surface area contributed by atoms with Gasteiger partial charge < -0.3 is 15.8 Å². The number of nitrogens with one attached hydrogen (secondary N) is 1. The maximum absolute atomic E-state index is 6.36. The number of nitrogen functional groups attached to an aromatic ring is 1. The molecule has 3 N–H and O–H groups in total. The fourth-order valence-electron chi connectivity index (χ4n) is 7.18. The van der Waals surface area contributed by atoms with E-state index in [0.717, 1.165) is 39.8 Å². The van der Waals surface area contributed by atoms with Crippen LogP contribution in [0.2, 0.25) is 0 Å². The predicted molar refractivity (Wildman–Crippen MR) is 142 cm³/mol. The van der Waals surface area contributed by atoms with Crippen molar-refractivity contribution >= 4 is 16.9 Å². The maximum Gasteiger partial charge on any atom is 0.164 e. The first-order valence-corrected chi connectivity index (χ1v) is 13.4. The molecule has 0 bridgehead atoms. The summed E-state index contributed by atoms with van der Waals surface area (Å²) in [5.41, 5.74) is 10.1. The molecule has 37 heavy (non-hydrogen) atoms. The largest absolute Gasteiger partial charge is 0.457 e. The number of hydrogen-bond donors (Lipinski definition) is 2. The number of nitrogens with zero attached hydrogens (tertiary/aromatic N) is 5. The van der Waals surface area contributed by atoms with Crippen LogP contribution < -0.4 is 15.8 Å². The van der Waals surface area contributed by atoms with Gasteiger partial charge in [-0.3, -0.25) is 4.90 Å². The van der Waals surface area contributed by atoms with Gasteiger partial charge in [0.05, 0.1) is 11.4 Å². The van der Waals surface area contributed by atoms with Crippen LogP contribution in [0, 0.1) is 10.8 Å². The SMILES string of the molecule is Nc1ncnc2c1c(-c1ccc(Oc3ccccc3)cc1)nn2C1CC2(CC(N3CC4(CNC4)C3)C2)C1. The average Bonchev–Trinajstić information content (AvgIpc) is 3.19. The Bertz CT molecular complexity index is 1460. The molecule has 0 atom stereocenters. The lowest BCUT2D eigenvalue weighted by molar-refractivity contribution is -0.147. The van der Waals surface area contributed by atoms with Crippen LogP contribution in [0.15, 0.2) is 60.9 Å². The van der Waals surface area contributed by atoms with Gasteiger partial charge in [-0.1, -0.05) is 18.2 Å².